The van der Waals surface area contributed by atoms with Gasteiger partial charge in [0.1, 0.15) is 11.4 Å². The van der Waals surface area contributed by atoms with Gasteiger partial charge in [0.15, 0.2) is 6.29 Å². The summed E-state index contributed by atoms with van der Waals surface area (Å²) in [6, 6.07) is 20.2. The maximum atomic E-state index is 14.1. The second-order valence-corrected chi connectivity index (χ2v) is 11.4. The molecule has 39 heavy (non-hydrogen) atoms. The van der Waals surface area contributed by atoms with Gasteiger partial charge in [-0.05, 0) is 84.7 Å². The highest BCUT2D eigenvalue weighted by molar-refractivity contribution is 5.94. The maximum Gasteiger partial charge on any atom is 0.250 e. The number of anilines is 1. The summed E-state index contributed by atoms with van der Waals surface area (Å²) in [5.74, 6) is -0.0997. The molecule has 1 spiro atoms. The molecule has 0 radical (unpaired) electrons. The lowest BCUT2D eigenvalue weighted by Crippen LogP contribution is -2.57. The first-order valence-electron chi connectivity index (χ1n) is 14.4. The van der Waals surface area contributed by atoms with Crippen LogP contribution in [0.2, 0.25) is 0 Å². The Balaban J connectivity index is 1.09. The van der Waals surface area contributed by atoms with E-state index in [4.69, 9.17) is 9.47 Å². The molecule has 3 heterocycles. The molecule has 3 aromatic rings. The molecule has 3 aliphatic heterocycles. The molecule has 2 atom stereocenters. The van der Waals surface area contributed by atoms with E-state index in [1.807, 2.05) is 4.90 Å². The third-order valence-electron chi connectivity index (χ3n) is 9.32. The summed E-state index contributed by atoms with van der Waals surface area (Å²) in [5, 5.41) is 2.72. The number of likely N-dealkylation sites (tertiary alicyclic amines) is 1. The van der Waals surface area contributed by atoms with Crippen LogP contribution in [-0.2, 0) is 20.7 Å². The molecule has 0 saturated carbocycles. The number of rotatable bonds is 6. The molecule has 6 nitrogen and oxygen atoms in total. The van der Waals surface area contributed by atoms with Crippen molar-refractivity contribution < 1.29 is 18.7 Å². The zero-order valence-electron chi connectivity index (χ0n) is 22.4. The number of carbonyl (C=O) groups excluding carboxylic acids is 1. The van der Waals surface area contributed by atoms with Crippen LogP contribution in [0.15, 0.2) is 60.7 Å². The number of ether oxygens (including phenoxy) is 2. The van der Waals surface area contributed by atoms with Gasteiger partial charge in [-0.3, -0.25) is 9.69 Å². The zero-order valence-corrected chi connectivity index (χ0v) is 22.4. The van der Waals surface area contributed by atoms with Gasteiger partial charge in [-0.1, -0.05) is 36.4 Å². The molecule has 4 aliphatic rings. The smallest absolute Gasteiger partial charge is 0.250 e. The first kappa shape index (κ1) is 25.0. The van der Waals surface area contributed by atoms with Crippen molar-refractivity contribution in [3.8, 4) is 0 Å². The zero-order chi connectivity index (χ0) is 26.4. The molecule has 7 heteroatoms. The van der Waals surface area contributed by atoms with Gasteiger partial charge in [-0.2, -0.15) is 0 Å². The fourth-order valence-corrected chi connectivity index (χ4v) is 7.27. The van der Waals surface area contributed by atoms with E-state index in [-0.39, 0.29) is 18.0 Å². The van der Waals surface area contributed by atoms with Crippen molar-refractivity contribution >= 4 is 22.4 Å². The van der Waals surface area contributed by atoms with E-state index in [0.29, 0.717) is 25.9 Å². The first-order chi connectivity index (χ1) is 19.1. The molecule has 3 fully saturated rings. The predicted molar refractivity (Wildman–Crippen MR) is 149 cm³/mol. The van der Waals surface area contributed by atoms with Gasteiger partial charge in [0.25, 0.3) is 0 Å². The summed E-state index contributed by atoms with van der Waals surface area (Å²) < 4.78 is 25.5. The van der Waals surface area contributed by atoms with Crippen LogP contribution in [-0.4, -0.2) is 67.1 Å². The molecule has 3 aromatic carbocycles. The van der Waals surface area contributed by atoms with Crippen molar-refractivity contribution in [2.75, 3.05) is 44.4 Å². The Bertz CT molecular complexity index is 1340. The van der Waals surface area contributed by atoms with Crippen LogP contribution in [0.3, 0.4) is 0 Å². The summed E-state index contributed by atoms with van der Waals surface area (Å²) in [5.41, 5.74) is 3.12. The largest absolute Gasteiger partial charge is 0.353 e. The first-order valence-corrected chi connectivity index (χ1v) is 14.4. The summed E-state index contributed by atoms with van der Waals surface area (Å²) in [6.45, 7) is 3.92. The molecule has 204 valence electrons. The average Bonchev–Trinajstić information content (AvgIpc) is 3.48. The Morgan fingerprint density at radius 3 is 2.56 bits per heavy atom. The van der Waals surface area contributed by atoms with Crippen LogP contribution in [0.25, 0.3) is 10.8 Å². The number of hydrogen-bond donors (Lipinski definition) is 0. The van der Waals surface area contributed by atoms with Crippen molar-refractivity contribution in [1.29, 1.82) is 0 Å². The fraction of sp³-hybridized carbons (Fsp3) is 0.469. The van der Waals surface area contributed by atoms with Crippen molar-refractivity contribution in [3.63, 3.8) is 0 Å². The van der Waals surface area contributed by atoms with Gasteiger partial charge in [0, 0.05) is 38.0 Å². The normalized spacial score (nSPS) is 24.8. The second kappa shape index (κ2) is 10.2. The maximum absolute atomic E-state index is 14.1. The number of carbonyl (C=O) groups is 1. The van der Waals surface area contributed by atoms with E-state index >= 15 is 0 Å². The van der Waals surface area contributed by atoms with Crippen molar-refractivity contribution in [2.45, 2.75) is 56.4 Å². The minimum absolute atomic E-state index is 0.163. The second-order valence-electron chi connectivity index (χ2n) is 11.4. The lowest BCUT2D eigenvalue weighted by atomic mass is 9.84. The summed E-state index contributed by atoms with van der Waals surface area (Å²) in [4.78, 5) is 20.8. The average molecular weight is 530 g/mol. The minimum atomic E-state index is -0.618. The van der Waals surface area contributed by atoms with Crippen molar-refractivity contribution in [3.05, 3.63) is 77.6 Å². The number of nitrogens with zero attached hydrogens (tertiary/aromatic N) is 3. The molecule has 0 aromatic heterocycles. The Hall–Kier alpha value is -3.00. The molecular formula is C32H36FN3O3. The number of piperidine rings is 1. The van der Waals surface area contributed by atoms with Crippen molar-refractivity contribution in [1.82, 2.24) is 9.80 Å². The fourth-order valence-electron chi connectivity index (χ4n) is 7.27. The quantitative estimate of drug-likeness (QED) is 0.436. The molecule has 0 N–H and O–H groups in total. The van der Waals surface area contributed by atoms with E-state index in [9.17, 15) is 9.18 Å². The van der Waals surface area contributed by atoms with Crippen LogP contribution < -0.4 is 4.90 Å². The lowest BCUT2D eigenvalue weighted by Gasteiger charge is -2.45. The van der Waals surface area contributed by atoms with Crippen LogP contribution in [0, 0.1) is 5.82 Å². The van der Waals surface area contributed by atoms with E-state index in [1.54, 1.807) is 12.1 Å². The molecule has 1 amide bonds. The summed E-state index contributed by atoms with van der Waals surface area (Å²) in [7, 11) is 0. The molecule has 1 aliphatic carbocycles. The predicted octanol–water partition coefficient (Wildman–Crippen LogP) is 5.26. The third kappa shape index (κ3) is 4.41. The Morgan fingerprint density at radius 1 is 1.00 bits per heavy atom. The van der Waals surface area contributed by atoms with Gasteiger partial charge in [0.2, 0.25) is 5.91 Å². The summed E-state index contributed by atoms with van der Waals surface area (Å²) >= 11 is 0. The lowest BCUT2D eigenvalue weighted by molar-refractivity contribution is -0.165. The molecule has 3 saturated heterocycles. The molecule has 7 rings (SSSR count). The van der Waals surface area contributed by atoms with Crippen LogP contribution in [0.4, 0.5) is 10.1 Å². The van der Waals surface area contributed by atoms with Crippen LogP contribution >= 0.6 is 0 Å². The Labute approximate surface area is 229 Å². The van der Waals surface area contributed by atoms with Crippen LogP contribution in [0.5, 0.6) is 0 Å². The summed E-state index contributed by atoms with van der Waals surface area (Å²) in [6.07, 6.45) is 5.46. The monoisotopic (exact) mass is 529 g/mol. The van der Waals surface area contributed by atoms with Gasteiger partial charge < -0.3 is 19.3 Å². The van der Waals surface area contributed by atoms with Gasteiger partial charge in [0.05, 0.1) is 13.3 Å². The van der Waals surface area contributed by atoms with E-state index < -0.39 is 5.54 Å². The SMILES string of the molecule is O=C1N(CCOC2CCCCO2)CN(c2ccc(F)cc2)C12CCN(C1Cc3cccc4cccc1c34)CC2. The number of benzene rings is 3. The molecule has 0 bridgehead atoms. The van der Waals surface area contributed by atoms with Crippen molar-refractivity contribution in [2.24, 2.45) is 0 Å². The Kier molecular flexibility index (Phi) is 6.53. The van der Waals surface area contributed by atoms with Crippen LogP contribution in [0.1, 0.15) is 49.3 Å². The highest BCUT2D eigenvalue weighted by Crippen LogP contribution is 2.45. The van der Waals surface area contributed by atoms with Gasteiger partial charge in [-0.25, -0.2) is 4.39 Å². The van der Waals surface area contributed by atoms with E-state index in [2.05, 4.69) is 46.2 Å². The number of amides is 1. The standard InChI is InChI=1S/C32H36FN3O3/c33-25-10-12-26(13-11-25)36-22-35(18-20-39-29-9-1-2-19-38-29)31(37)32(36)14-16-34(17-15-32)28-21-24-7-3-5-23-6-4-8-27(28)30(23)24/h3-8,10-13,28-29H,1-2,9,14-22H2. The number of hydrogen-bond acceptors (Lipinski definition) is 5. The van der Waals surface area contributed by atoms with Gasteiger partial charge >= 0.3 is 0 Å². The Morgan fingerprint density at radius 2 is 1.79 bits per heavy atom. The minimum Gasteiger partial charge on any atom is -0.353 e. The molecular weight excluding hydrogens is 493 g/mol. The highest BCUT2D eigenvalue weighted by atomic mass is 19.1. The topological polar surface area (TPSA) is 45.3 Å². The number of halogens is 1. The van der Waals surface area contributed by atoms with Gasteiger partial charge in [-0.15, -0.1) is 0 Å². The van der Waals surface area contributed by atoms with E-state index in [1.165, 1.54) is 34.0 Å². The van der Waals surface area contributed by atoms with E-state index in [0.717, 1.165) is 63.9 Å². The third-order valence-corrected chi connectivity index (χ3v) is 9.32. The highest BCUT2D eigenvalue weighted by Gasteiger charge is 2.54. The molecule has 2 unspecified atom stereocenters.